The quantitative estimate of drug-likeness (QED) is 0.870. The van der Waals surface area contributed by atoms with E-state index in [1.54, 1.807) is 0 Å². The van der Waals surface area contributed by atoms with Crippen molar-refractivity contribution in [3.05, 3.63) is 23.8 Å². The summed E-state index contributed by atoms with van der Waals surface area (Å²) in [5.74, 6) is 1.27. The van der Waals surface area contributed by atoms with Crippen LogP contribution in [0, 0.1) is 0 Å². The van der Waals surface area contributed by atoms with Crippen LogP contribution in [0.1, 0.15) is 31.7 Å². The molecule has 1 aliphatic rings. The highest BCUT2D eigenvalue weighted by molar-refractivity contribution is 5.78. The summed E-state index contributed by atoms with van der Waals surface area (Å²) in [6.45, 7) is 4.52. The van der Waals surface area contributed by atoms with Crippen LogP contribution in [0.5, 0.6) is 11.5 Å². The van der Waals surface area contributed by atoms with Gasteiger partial charge < -0.3 is 20.1 Å². The summed E-state index contributed by atoms with van der Waals surface area (Å²) in [4.78, 5) is 14.0. The van der Waals surface area contributed by atoms with Gasteiger partial charge >= 0.3 is 0 Å². The number of carbonyl (C=O) groups excluding carboxylic acids is 1. The minimum Gasteiger partial charge on any atom is -0.490 e. The van der Waals surface area contributed by atoms with E-state index in [-0.39, 0.29) is 12.5 Å². The summed E-state index contributed by atoms with van der Waals surface area (Å²) >= 11 is 0. The highest BCUT2D eigenvalue weighted by atomic mass is 16.5. The van der Waals surface area contributed by atoms with E-state index < -0.39 is 0 Å². The van der Waals surface area contributed by atoms with Gasteiger partial charge in [0.25, 0.3) is 5.91 Å². The monoisotopic (exact) mass is 292 g/mol. The van der Waals surface area contributed by atoms with Crippen molar-refractivity contribution in [3.8, 4) is 11.5 Å². The Kier molecular flexibility index (Phi) is 5.87. The third-order valence-corrected chi connectivity index (χ3v) is 3.63. The summed E-state index contributed by atoms with van der Waals surface area (Å²) in [6.07, 6.45) is 3.36. The van der Waals surface area contributed by atoms with Crippen molar-refractivity contribution < 1.29 is 14.3 Å². The molecule has 0 saturated carbocycles. The van der Waals surface area contributed by atoms with Gasteiger partial charge in [-0.3, -0.25) is 4.79 Å². The Morgan fingerprint density at radius 3 is 2.67 bits per heavy atom. The van der Waals surface area contributed by atoms with Gasteiger partial charge in [-0.25, -0.2) is 0 Å². The molecule has 0 aliphatic carbocycles. The molecule has 0 radical (unpaired) electrons. The van der Waals surface area contributed by atoms with Gasteiger partial charge in [-0.1, -0.05) is 12.1 Å². The molecule has 1 saturated heterocycles. The molecule has 0 unspecified atom stereocenters. The molecule has 1 heterocycles. The number of benzene rings is 1. The van der Waals surface area contributed by atoms with E-state index in [1.807, 2.05) is 30.0 Å². The SMILES string of the molecule is CCOc1cccc(CN)c1OCC(=O)N1CCCCC1. The Bertz CT molecular complexity index is 471. The third-order valence-electron chi connectivity index (χ3n) is 3.63. The Morgan fingerprint density at radius 2 is 2.00 bits per heavy atom. The Hall–Kier alpha value is -1.75. The van der Waals surface area contributed by atoms with Crippen molar-refractivity contribution in [2.45, 2.75) is 32.7 Å². The lowest BCUT2D eigenvalue weighted by Gasteiger charge is -2.27. The van der Waals surface area contributed by atoms with Gasteiger partial charge in [-0.15, -0.1) is 0 Å². The Morgan fingerprint density at radius 1 is 1.24 bits per heavy atom. The van der Waals surface area contributed by atoms with Gasteiger partial charge in [0, 0.05) is 25.2 Å². The van der Waals surface area contributed by atoms with Crippen LogP contribution in [0.3, 0.4) is 0 Å². The topological polar surface area (TPSA) is 64.8 Å². The van der Waals surface area contributed by atoms with Gasteiger partial charge in [0.15, 0.2) is 18.1 Å². The number of hydrogen-bond acceptors (Lipinski definition) is 4. The maximum absolute atomic E-state index is 12.2. The molecule has 2 N–H and O–H groups in total. The standard InChI is InChI=1S/C16H24N2O3/c1-2-20-14-8-6-7-13(11-17)16(14)21-12-15(19)18-9-4-3-5-10-18/h6-8H,2-5,9-12,17H2,1H3. The molecule has 0 spiro atoms. The maximum atomic E-state index is 12.2. The fraction of sp³-hybridized carbons (Fsp3) is 0.562. The number of likely N-dealkylation sites (tertiary alicyclic amines) is 1. The number of piperidine rings is 1. The summed E-state index contributed by atoms with van der Waals surface area (Å²) in [6, 6.07) is 5.61. The summed E-state index contributed by atoms with van der Waals surface area (Å²) in [5, 5.41) is 0. The zero-order valence-corrected chi connectivity index (χ0v) is 12.6. The fourth-order valence-corrected chi connectivity index (χ4v) is 2.52. The summed E-state index contributed by atoms with van der Waals surface area (Å²) in [7, 11) is 0. The van der Waals surface area contributed by atoms with Crippen molar-refractivity contribution in [2.24, 2.45) is 5.73 Å². The van der Waals surface area contributed by atoms with E-state index in [9.17, 15) is 4.79 Å². The number of amides is 1. The molecule has 0 bridgehead atoms. The average molecular weight is 292 g/mol. The molecule has 0 atom stereocenters. The number of nitrogens with zero attached hydrogens (tertiary/aromatic N) is 1. The van der Waals surface area contributed by atoms with Gasteiger partial charge in [0.2, 0.25) is 0 Å². The molecule has 5 heteroatoms. The van der Waals surface area contributed by atoms with E-state index in [2.05, 4.69) is 0 Å². The zero-order chi connectivity index (χ0) is 15.1. The second kappa shape index (κ2) is 7.88. The van der Waals surface area contributed by atoms with Crippen molar-refractivity contribution in [1.29, 1.82) is 0 Å². The predicted molar refractivity (Wildman–Crippen MR) is 81.4 cm³/mol. The number of carbonyl (C=O) groups is 1. The molecule has 0 aromatic heterocycles. The van der Waals surface area contributed by atoms with Crippen LogP contribution in [0.2, 0.25) is 0 Å². The first-order chi connectivity index (χ1) is 10.3. The number of rotatable bonds is 6. The second-order valence-electron chi connectivity index (χ2n) is 5.11. The molecular formula is C16H24N2O3. The first-order valence-corrected chi connectivity index (χ1v) is 7.61. The third kappa shape index (κ3) is 4.11. The molecule has 116 valence electrons. The van der Waals surface area contributed by atoms with E-state index in [1.165, 1.54) is 6.42 Å². The van der Waals surface area contributed by atoms with E-state index in [0.29, 0.717) is 24.7 Å². The van der Waals surface area contributed by atoms with E-state index >= 15 is 0 Å². The molecule has 21 heavy (non-hydrogen) atoms. The maximum Gasteiger partial charge on any atom is 0.260 e. The van der Waals surface area contributed by atoms with Crippen LogP contribution in [0.25, 0.3) is 0 Å². The van der Waals surface area contributed by atoms with Crippen LogP contribution >= 0.6 is 0 Å². The highest BCUT2D eigenvalue weighted by Gasteiger charge is 2.18. The van der Waals surface area contributed by atoms with Crippen molar-refractivity contribution >= 4 is 5.91 Å². The zero-order valence-electron chi connectivity index (χ0n) is 12.6. The fourth-order valence-electron chi connectivity index (χ4n) is 2.52. The number of hydrogen-bond donors (Lipinski definition) is 1. The summed E-state index contributed by atoms with van der Waals surface area (Å²) in [5.41, 5.74) is 6.59. The molecule has 1 amide bonds. The van der Waals surface area contributed by atoms with Gasteiger partial charge in [0.1, 0.15) is 0 Å². The van der Waals surface area contributed by atoms with Crippen LogP contribution in [0.15, 0.2) is 18.2 Å². The lowest BCUT2D eigenvalue weighted by atomic mass is 10.1. The molecule has 2 rings (SSSR count). The average Bonchev–Trinajstić information content (AvgIpc) is 2.54. The normalized spacial score (nSPS) is 14.9. The molecule has 1 aromatic rings. The highest BCUT2D eigenvalue weighted by Crippen LogP contribution is 2.31. The molecular weight excluding hydrogens is 268 g/mol. The number of nitrogens with two attached hydrogens (primary N) is 1. The van der Waals surface area contributed by atoms with Crippen molar-refractivity contribution in [3.63, 3.8) is 0 Å². The number of ether oxygens (including phenoxy) is 2. The minimum absolute atomic E-state index is 0.0315. The number of para-hydroxylation sites is 1. The molecule has 1 fully saturated rings. The van der Waals surface area contributed by atoms with E-state index in [0.717, 1.165) is 31.5 Å². The Balaban J connectivity index is 2.02. The van der Waals surface area contributed by atoms with Gasteiger partial charge in [-0.05, 0) is 32.3 Å². The summed E-state index contributed by atoms with van der Waals surface area (Å²) < 4.78 is 11.3. The van der Waals surface area contributed by atoms with Crippen LogP contribution < -0.4 is 15.2 Å². The van der Waals surface area contributed by atoms with Crippen molar-refractivity contribution in [1.82, 2.24) is 4.90 Å². The van der Waals surface area contributed by atoms with Gasteiger partial charge in [0.05, 0.1) is 6.61 Å². The first kappa shape index (κ1) is 15.6. The lowest BCUT2D eigenvalue weighted by molar-refractivity contribution is -0.134. The first-order valence-electron chi connectivity index (χ1n) is 7.61. The predicted octanol–water partition coefficient (Wildman–Crippen LogP) is 1.94. The minimum atomic E-state index is 0.0315. The smallest absolute Gasteiger partial charge is 0.260 e. The van der Waals surface area contributed by atoms with Crippen molar-refractivity contribution in [2.75, 3.05) is 26.3 Å². The molecule has 5 nitrogen and oxygen atoms in total. The van der Waals surface area contributed by atoms with Crippen LogP contribution in [0.4, 0.5) is 0 Å². The lowest BCUT2D eigenvalue weighted by Crippen LogP contribution is -2.38. The van der Waals surface area contributed by atoms with Crippen LogP contribution in [-0.2, 0) is 11.3 Å². The second-order valence-corrected chi connectivity index (χ2v) is 5.11. The van der Waals surface area contributed by atoms with E-state index in [4.69, 9.17) is 15.2 Å². The molecule has 1 aromatic carbocycles. The molecule has 1 aliphatic heterocycles. The van der Waals surface area contributed by atoms with Crippen LogP contribution in [-0.4, -0.2) is 37.1 Å². The Labute approximate surface area is 126 Å². The largest absolute Gasteiger partial charge is 0.490 e. The van der Waals surface area contributed by atoms with Gasteiger partial charge in [-0.2, -0.15) is 0 Å².